The summed E-state index contributed by atoms with van der Waals surface area (Å²) in [6.45, 7) is 1.79. The van der Waals surface area contributed by atoms with Crippen molar-refractivity contribution in [3.05, 3.63) is 40.9 Å². The summed E-state index contributed by atoms with van der Waals surface area (Å²) in [5.41, 5.74) is 0.763. The molecular formula is C13H14BrNO3. The molecule has 0 aliphatic rings. The van der Waals surface area contributed by atoms with Gasteiger partial charge >= 0.3 is 5.97 Å². The van der Waals surface area contributed by atoms with Gasteiger partial charge in [0.2, 0.25) is 5.91 Å². The third-order valence-electron chi connectivity index (χ3n) is 2.27. The van der Waals surface area contributed by atoms with Crippen LogP contribution in [0.25, 0.3) is 0 Å². The molecule has 0 spiro atoms. The fraction of sp³-hybridized carbons (Fsp3) is 0.231. The van der Waals surface area contributed by atoms with E-state index >= 15 is 0 Å². The Morgan fingerprint density at radius 3 is 2.61 bits per heavy atom. The molecule has 0 saturated heterocycles. The van der Waals surface area contributed by atoms with Crippen LogP contribution in [-0.2, 0) is 14.3 Å². The Hall–Kier alpha value is -1.62. The summed E-state index contributed by atoms with van der Waals surface area (Å²) in [5, 5.41) is 0. The summed E-state index contributed by atoms with van der Waals surface area (Å²) >= 11 is 3.39. The molecule has 5 heteroatoms. The maximum absolute atomic E-state index is 11.6. The number of rotatable bonds is 4. The lowest BCUT2D eigenvalue weighted by atomic mass is 10.3. The number of anilines is 1. The molecule has 18 heavy (non-hydrogen) atoms. The number of halogens is 1. The predicted molar refractivity (Wildman–Crippen MR) is 73.3 cm³/mol. The fourth-order valence-electron chi connectivity index (χ4n) is 1.39. The van der Waals surface area contributed by atoms with Gasteiger partial charge in [-0.25, -0.2) is 4.79 Å². The number of carbonyl (C=O) groups is 2. The summed E-state index contributed by atoms with van der Waals surface area (Å²) in [7, 11) is 1.31. The van der Waals surface area contributed by atoms with Crippen LogP contribution < -0.4 is 4.90 Å². The first-order valence-electron chi connectivity index (χ1n) is 5.33. The number of methoxy groups -OCH3 is 1. The lowest BCUT2D eigenvalue weighted by Crippen LogP contribution is -2.28. The van der Waals surface area contributed by atoms with Gasteiger partial charge in [-0.1, -0.05) is 18.2 Å². The zero-order chi connectivity index (χ0) is 13.5. The molecule has 1 aromatic rings. The summed E-state index contributed by atoms with van der Waals surface area (Å²) < 4.78 is 5.31. The summed E-state index contributed by atoms with van der Waals surface area (Å²) in [4.78, 5) is 24.1. The smallest absolute Gasteiger partial charge is 0.330 e. The van der Waals surface area contributed by atoms with Crippen LogP contribution in [0.5, 0.6) is 0 Å². The van der Waals surface area contributed by atoms with Gasteiger partial charge in [0.1, 0.15) is 0 Å². The van der Waals surface area contributed by atoms with E-state index in [1.165, 1.54) is 20.1 Å². The fourth-order valence-corrected chi connectivity index (χ4v) is 1.89. The largest absolute Gasteiger partial charge is 0.466 e. The van der Waals surface area contributed by atoms with Crippen molar-refractivity contribution in [1.82, 2.24) is 0 Å². The molecule has 0 bridgehead atoms. The number of esters is 1. The second kappa shape index (κ2) is 6.96. The van der Waals surface area contributed by atoms with E-state index in [1.807, 2.05) is 24.3 Å². The standard InChI is InChI=1S/C13H14BrNO3/c1-10(16)15(9-5-8-13(17)18-2)12-7-4-3-6-11(12)14/h3-8H,9H2,1-2H3/b8-5+. The van der Waals surface area contributed by atoms with Crippen LogP contribution in [0.1, 0.15) is 6.92 Å². The van der Waals surface area contributed by atoms with Crippen LogP contribution in [0.15, 0.2) is 40.9 Å². The minimum Gasteiger partial charge on any atom is -0.466 e. The molecule has 96 valence electrons. The first-order valence-corrected chi connectivity index (χ1v) is 6.12. The second-order valence-electron chi connectivity index (χ2n) is 3.51. The maximum Gasteiger partial charge on any atom is 0.330 e. The van der Waals surface area contributed by atoms with Gasteiger partial charge in [0.15, 0.2) is 0 Å². The van der Waals surface area contributed by atoms with Crippen LogP contribution in [0.2, 0.25) is 0 Å². The van der Waals surface area contributed by atoms with Crippen LogP contribution in [0.4, 0.5) is 5.69 Å². The number of hydrogen-bond acceptors (Lipinski definition) is 3. The van der Waals surface area contributed by atoms with Crippen molar-refractivity contribution in [3.8, 4) is 0 Å². The van der Waals surface area contributed by atoms with Gasteiger partial charge < -0.3 is 9.64 Å². The molecule has 0 N–H and O–H groups in total. The number of hydrogen-bond donors (Lipinski definition) is 0. The van der Waals surface area contributed by atoms with Crippen molar-refractivity contribution >= 4 is 33.5 Å². The van der Waals surface area contributed by atoms with Crippen molar-refractivity contribution in [2.45, 2.75) is 6.92 Å². The molecule has 0 aliphatic carbocycles. The molecule has 0 atom stereocenters. The van der Waals surface area contributed by atoms with Gasteiger partial charge in [0.05, 0.1) is 12.8 Å². The Balaban J connectivity index is 2.85. The van der Waals surface area contributed by atoms with Crippen LogP contribution in [-0.4, -0.2) is 25.5 Å². The van der Waals surface area contributed by atoms with Crippen molar-refractivity contribution < 1.29 is 14.3 Å². The number of carbonyl (C=O) groups excluding carboxylic acids is 2. The van der Waals surface area contributed by atoms with E-state index < -0.39 is 5.97 Å². The first-order chi connectivity index (χ1) is 8.56. The first kappa shape index (κ1) is 14.4. The lowest BCUT2D eigenvalue weighted by molar-refractivity contribution is -0.134. The molecule has 0 unspecified atom stereocenters. The van der Waals surface area contributed by atoms with Gasteiger partial charge in [-0.05, 0) is 28.1 Å². The number of ether oxygens (including phenoxy) is 1. The third kappa shape index (κ3) is 4.00. The average Bonchev–Trinajstić information content (AvgIpc) is 2.35. The van der Waals surface area contributed by atoms with E-state index in [0.717, 1.165) is 10.2 Å². The quantitative estimate of drug-likeness (QED) is 0.634. The van der Waals surface area contributed by atoms with Crippen LogP contribution in [0, 0.1) is 0 Å². The molecule has 0 aliphatic heterocycles. The summed E-state index contributed by atoms with van der Waals surface area (Å²) in [6.07, 6.45) is 2.89. The van der Waals surface area contributed by atoms with E-state index in [-0.39, 0.29) is 5.91 Å². The normalized spacial score (nSPS) is 10.4. The minimum atomic E-state index is -0.439. The van der Waals surface area contributed by atoms with Crippen LogP contribution in [0.3, 0.4) is 0 Å². The van der Waals surface area contributed by atoms with Gasteiger partial charge in [0, 0.05) is 24.0 Å². The lowest BCUT2D eigenvalue weighted by Gasteiger charge is -2.20. The number of para-hydroxylation sites is 1. The predicted octanol–water partition coefficient (Wildman–Crippen LogP) is 2.53. The van der Waals surface area contributed by atoms with Gasteiger partial charge in [-0.15, -0.1) is 0 Å². The Labute approximate surface area is 114 Å². The number of amides is 1. The van der Waals surface area contributed by atoms with E-state index in [2.05, 4.69) is 20.7 Å². The van der Waals surface area contributed by atoms with Gasteiger partial charge in [-0.2, -0.15) is 0 Å². The maximum atomic E-state index is 11.6. The monoisotopic (exact) mass is 311 g/mol. The molecule has 0 fully saturated rings. The number of benzene rings is 1. The van der Waals surface area contributed by atoms with Crippen molar-refractivity contribution in [2.24, 2.45) is 0 Å². The SMILES string of the molecule is COC(=O)/C=C/CN(C(C)=O)c1ccccc1Br. The zero-order valence-corrected chi connectivity index (χ0v) is 11.8. The second-order valence-corrected chi connectivity index (χ2v) is 4.36. The Morgan fingerprint density at radius 1 is 1.39 bits per heavy atom. The molecule has 4 nitrogen and oxygen atoms in total. The van der Waals surface area contributed by atoms with Crippen molar-refractivity contribution in [2.75, 3.05) is 18.6 Å². The molecule has 0 aromatic heterocycles. The van der Waals surface area contributed by atoms with Crippen molar-refractivity contribution in [3.63, 3.8) is 0 Å². The molecule has 0 heterocycles. The molecule has 0 saturated carbocycles. The Morgan fingerprint density at radius 2 is 2.06 bits per heavy atom. The van der Waals surface area contributed by atoms with E-state index in [1.54, 1.807) is 11.0 Å². The Bertz CT molecular complexity index is 471. The highest BCUT2D eigenvalue weighted by molar-refractivity contribution is 9.10. The minimum absolute atomic E-state index is 0.101. The molecule has 1 aromatic carbocycles. The molecular weight excluding hydrogens is 298 g/mol. The Kier molecular flexibility index (Phi) is 5.58. The number of nitrogens with zero attached hydrogens (tertiary/aromatic N) is 1. The van der Waals surface area contributed by atoms with Gasteiger partial charge in [-0.3, -0.25) is 4.79 Å². The molecule has 1 rings (SSSR count). The average molecular weight is 312 g/mol. The van der Waals surface area contributed by atoms with E-state index in [4.69, 9.17) is 0 Å². The highest BCUT2D eigenvalue weighted by Gasteiger charge is 2.12. The van der Waals surface area contributed by atoms with Crippen molar-refractivity contribution in [1.29, 1.82) is 0 Å². The molecule has 1 amide bonds. The van der Waals surface area contributed by atoms with Crippen LogP contribution >= 0.6 is 15.9 Å². The highest BCUT2D eigenvalue weighted by Crippen LogP contribution is 2.25. The zero-order valence-electron chi connectivity index (χ0n) is 10.2. The summed E-state index contributed by atoms with van der Waals surface area (Å²) in [5.74, 6) is -0.540. The topological polar surface area (TPSA) is 46.6 Å². The van der Waals surface area contributed by atoms with E-state index in [0.29, 0.717) is 6.54 Å². The summed E-state index contributed by atoms with van der Waals surface area (Å²) in [6, 6.07) is 7.41. The third-order valence-corrected chi connectivity index (χ3v) is 2.94. The van der Waals surface area contributed by atoms with Gasteiger partial charge in [0.25, 0.3) is 0 Å². The molecule has 0 radical (unpaired) electrons. The van der Waals surface area contributed by atoms with E-state index in [9.17, 15) is 9.59 Å². The highest BCUT2D eigenvalue weighted by atomic mass is 79.9.